The molecule has 8 nitrogen and oxygen atoms in total. The topological polar surface area (TPSA) is 108 Å². The van der Waals surface area contributed by atoms with Crippen LogP contribution in [0.5, 0.6) is 11.5 Å². The molecule has 0 radical (unpaired) electrons. The van der Waals surface area contributed by atoms with Crippen molar-refractivity contribution in [3.05, 3.63) is 52.6 Å². The maximum Gasteiger partial charge on any atom is 0.255 e. The number of benzene rings is 2. The summed E-state index contributed by atoms with van der Waals surface area (Å²) in [5.74, 6) is -0.358. The molecule has 0 unspecified atom stereocenters. The van der Waals surface area contributed by atoms with Crippen LogP contribution in [0.1, 0.15) is 54.4 Å². The van der Waals surface area contributed by atoms with Gasteiger partial charge in [0.25, 0.3) is 5.91 Å². The second kappa shape index (κ2) is 11.0. The Balaban J connectivity index is 1.84. The van der Waals surface area contributed by atoms with E-state index in [-0.39, 0.29) is 29.0 Å². The smallest absolute Gasteiger partial charge is 0.255 e. The fraction of sp³-hybridized carbons (Fsp3) is 0.440. The molecule has 1 aliphatic carbocycles. The van der Waals surface area contributed by atoms with Crippen LogP contribution in [0.15, 0.2) is 40.3 Å². The summed E-state index contributed by atoms with van der Waals surface area (Å²) in [5.41, 5.74) is 5.10. The van der Waals surface area contributed by atoms with Gasteiger partial charge in [0.15, 0.2) is 11.5 Å². The highest BCUT2D eigenvalue weighted by atomic mass is 32.2. The normalized spacial score (nSPS) is 15.1. The van der Waals surface area contributed by atoms with Crippen LogP contribution in [-0.4, -0.2) is 49.6 Å². The predicted octanol–water partition coefficient (Wildman–Crippen LogP) is 3.80. The van der Waals surface area contributed by atoms with Gasteiger partial charge in [-0.3, -0.25) is 4.79 Å². The standard InChI is InChI=1S/C25H33N3O5S/c1-17-13-18(2)25(19(3)14-17)34(31,32)28(21-10-6-5-7-11-21)16-23(29)27-26-15-20-9-8-12-22(33-4)24(20)30/h8-9,12-15,21,30H,5-7,10-11,16H2,1-4H3,(H,27,29). The summed E-state index contributed by atoms with van der Waals surface area (Å²) in [5, 5.41) is 14.1. The van der Waals surface area contributed by atoms with Crippen LogP contribution < -0.4 is 10.2 Å². The quantitative estimate of drug-likeness (QED) is 0.435. The number of aryl methyl sites for hydroxylation is 3. The van der Waals surface area contributed by atoms with Gasteiger partial charge >= 0.3 is 0 Å². The Hall–Kier alpha value is -2.91. The minimum Gasteiger partial charge on any atom is -0.504 e. The number of methoxy groups -OCH3 is 1. The molecular weight excluding hydrogens is 454 g/mol. The zero-order valence-corrected chi connectivity index (χ0v) is 21.0. The predicted molar refractivity (Wildman–Crippen MR) is 132 cm³/mol. The first-order valence-electron chi connectivity index (χ1n) is 11.4. The third kappa shape index (κ3) is 5.77. The van der Waals surface area contributed by atoms with E-state index in [2.05, 4.69) is 10.5 Å². The number of hydrazone groups is 1. The third-order valence-corrected chi connectivity index (χ3v) is 8.30. The second-order valence-electron chi connectivity index (χ2n) is 8.76. The number of rotatable bonds is 8. The third-order valence-electron chi connectivity index (χ3n) is 6.10. The van der Waals surface area contributed by atoms with Gasteiger partial charge < -0.3 is 9.84 Å². The van der Waals surface area contributed by atoms with E-state index in [0.29, 0.717) is 16.7 Å². The van der Waals surface area contributed by atoms with Gasteiger partial charge in [0.2, 0.25) is 10.0 Å². The minimum absolute atomic E-state index is 0.0975. The first-order chi connectivity index (χ1) is 16.1. The Morgan fingerprint density at radius 2 is 1.82 bits per heavy atom. The number of carbonyl (C=O) groups is 1. The zero-order chi connectivity index (χ0) is 24.9. The monoisotopic (exact) mass is 487 g/mol. The minimum atomic E-state index is -3.90. The second-order valence-corrected chi connectivity index (χ2v) is 10.6. The van der Waals surface area contributed by atoms with E-state index in [1.165, 1.54) is 17.6 Å². The lowest BCUT2D eigenvalue weighted by Crippen LogP contribution is -2.46. The number of phenols is 1. The average molecular weight is 488 g/mol. The van der Waals surface area contributed by atoms with E-state index in [4.69, 9.17) is 4.74 Å². The number of para-hydroxylation sites is 1. The molecule has 1 aliphatic rings. The highest BCUT2D eigenvalue weighted by molar-refractivity contribution is 7.89. The van der Waals surface area contributed by atoms with Crippen LogP contribution in [0.25, 0.3) is 0 Å². The van der Waals surface area contributed by atoms with E-state index in [1.54, 1.807) is 32.0 Å². The molecule has 0 aromatic heterocycles. The molecule has 0 atom stereocenters. The number of hydrogen-bond acceptors (Lipinski definition) is 6. The first kappa shape index (κ1) is 25.7. The molecule has 2 N–H and O–H groups in total. The summed E-state index contributed by atoms with van der Waals surface area (Å²) in [4.78, 5) is 13.0. The van der Waals surface area contributed by atoms with Crippen LogP contribution in [0.2, 0.25) is 0 Å². The van der Waals surface area contributed by atoms with Crippen molar-refractivity contribution in [2.24, 2.45) is 5.10 Å². The fourth-order valence-corrected chi connectivity index (χ4v) is 6.69. The Morgan fingerprint density at radius 1 is 1.18 bits per heavy atom. The average Bonchev–Trinajstić information content (AvgIpc) is 2.78. The highest BCUT2D eigenvalue weighted by Crippen LogP contribution is 2.31. The molecule has 1 saturated carbocycles. The Morgan fingerprint density at radius 3 is 2.44 bits per heavy atom. The van der Waals surface area contributed by atoms with Crippen molar-refractivity contribution < 1.29 is 23.1 Å². The molecule has 1 fully saturated rings. The van der Waals surface area contributed by atoms with Gasteiger partial charge in [0.1, 0.15) is 0 Å². The van der Waals surface area contributed by atoms with Crippen molar-refractivity contribution in [2.45, 2.75) is 63.8 Å². The molecule has 0 bridgehead atoms. The van der Waals surface area contributed by atoms with Crippen molar-refractivity contribution >= 4 is 22.1 Å². The van der Waals surface area contributed by atoms with Gasteiger partial charge in [-0.1, -0.05) is 43.0 Å². The molecular formula is C25H33N3O5S. The number of aromatic hydroxyl groups is 1. The van der Waals surface area contributed by atoms with Crippen LogP contribution in [0.4, 0.5) is 0 Å². The van der Waals surface area contributed by atoms with E-state index in [0.717, 1.165) is 37.7 Å². The molecule has 2 aromatic carbocycles. The molecule has 0 spiro atoms. The summed E-state index contributed by atoms with van der Waals surface area (Å²) < 4.78 is 34.0. The van der Waals surface area contributed by atoms with Gasteiger partial charge in [0, 0.05) is 11.6 Å². The van der Waals surface area contributed by atoms with Gasteiger partial charge in [0.05, 0.1) is 24.8 Å². The highest BCUT2D eigenvalue weighted by Gasteiger charge is 2.35. The Kier molecular flexibility index (Phi) is 8.33. The number of nitrogens with one attached hydrogen (secondary N) is 1. The molecule has 34 heavy (non-hydrogen) atoms. The van der Waals surface area contributed by atoms with Gasteiger partial charge in [-0.05, 0) is 56.9 Å². The molecule has 0 saturated heterocycles. The summed E-state index contributed by atoms with van der Waals surface area (Å²) >= 11 is 0. The molecule has 184 valence electrons. The number of sulfonamides is 1. The number of hydrogen-bond donors (Lipinski definition) is 2. The van der Waals surface area contributed by atoms with Crippen molar-refractivity contribution in [1.82, 2.24) is 9.73 Å². The van der Waals surface area contributed by atoms with Crippen LogP contribution in [0, 0.1) is 20.8 Å². The van der Waals surface area contributed by atoms with Gasteiger partial charge in [-0.2, -0.15) is 9.41 Å². The van der Waals surface area contributed by atoms with Crippen molar-refractivity contribution in [1.29, 1.82) is 0 Å². The van der Waals surface area contributed by atoms with Crippen molar-refractivity contribution in [3.63, 3.8) is 0 Å². The van der Waals surface area contributed by atoms with E-state index < -0.39 is 15.9 Å². The first-order valence-corrected chi connectivity index (χ1v) is 12.9. The summed E-state index contributed by atoms with van der Waals surface area (Å²) in [6.07, 6.45) is 5.65. The molecule has 2 aromatic rings. The largest absolute Gasteiger partial charge is 0.504 e. The lowest BCUT2D eigenvalue weighted by Gasteiger charge is -2.33. The maximum absolute atomic E-state index is 13.8. The number of nitrogens with zero attached hydrogens (tertiary/aromatic N) is 2. The van der Waals surface area contributed by atoms with Gasteiger partial charge in [-0.25, -0.2) is 13.8 Å². The molecule has 3 rings (SSSR count). The van der Waals surface area contributed by atoms with Crippen LogP contribution in [0.3, 0.4) is 0 Å². The van der Waals surface area contributed by atoms with E-state index in [9.17, 15) is 18.3 Å². The Labute approximate surface area is 201 Å². The Bertz CT molecular complexity index is 1150. The van der Waals surface area contributed by atoms with Crippen LogP contribution in [-0.2, 0) is 14.8 Å². The number of carbonyl (C=O) groups excluding carboxylic acids is 1. The SMILES string of the molecule is COc1cccc(C=NNC(=O)CN(C2CCCCC2)S(=O)(=O)c2c(C)cc(C)cc2C)c1O. The van der Waals surface area contributed by atoms with Crippen molar-refractivity contribution in [2.75, 3.05) is 13.7 Å². The lowest BCUT2D eigenvalue weighted by atomic mass is 9.95. The summed E-state index contributed by atoms with van der Waals surface area (Å²) in [6, 6.07) is 8.37. The van der Waals surface area contributed by atoms with E-state index >= 15 is 0 Å². The number of ether oxygens (including phenoxy) is 1. The molecule has 0 aliphatic heterocycles. The van der Waals surface area contributed by atoms with E-state index in [1.807, 2.05) is 19.1 Å². The fourth-order valence-electron chi connectivity index (χ4n) is 4.63. The molecule has 1 amide bonds. The summed E-state index contributed by atoms with van der Waals surface area (Å²) in [6.45, 7) is 5.18. The summed E-state index contributed by atoms with van der Waals surface area (Å²) in [7, 11) is -2.46. The number of phenolic OH excluding ortho intramolecular Hbond substituents is 1. The maximum atomic E-state index is 13.8. The number of amides is 1. The zero-order valence-electron chi connectivity index (χ0n) is 20.2. The lowest BCUT2D eigenvalue weighted by molar-refractivity contribution is -0.121. The van der Waals surface area contributed by atoms with Gasteiger partial charge in [-0.15, -0.1) is 0 Å². The molecule has 0 heterocycles. The van der Waals surface area contributed by atoms with Crippen LogP contribution >= 0.6 is 0 Å². The van der Waals surface area contributed by atoms with Crippen molar-refractivity contribution in [3.8, 4) is 11.5 Å². The molecule has 9 heteroatoms.